The van der Waals surface area contributed by atoms with Gasteiger partial charge in [0.1, 0.15) is 0 Å². The molecule has 3 N–H and O–H groups in total. The second-order valence-corrected chi connectivity index (χ2v) is 8.44. The Morgan fingerprint density at radius 2 is 1.72 bits per heavy atom. The molecule has 2 rings (SSSR count). The minimum atomic E-state index is -0.434. The molecule has 0 aromatic rings. The Bertz CT molecular complexity index is 405. The van der Waals surface area contributed by atoms with E-state index in [1.54, 1.807) is 0 Å². The average molecular weight is 398 g/mol. The maximum atomic E-state index is 12.7. The SMILES string of the molecule is CC1CC(C)CN(C(C)(C)CNC(=O)C2(CN)CCOCC2)C1.Cl.Cl. The Morgan fingerprint density at radius 1 is 1.20 bits per heavy atom. The summed E-state index contributed by atoms with van der Waals surface area (Å²) in [5, 5.41) is 3.20. The minimum Gasteiger partial charge on any atom is -0.381 e. The van der Waals surface area contributed by atoms with Gasteiger partial charge in [0.15, 0.2) is 0 Å². The van der Waals surface area contributed by atoms with E-state index in [-0.39, 0.29) is 36.3 Å². The molecule has 2 saturated heterocycles. The Balaban J connectivity index is 0.00000288. The molecule has 0 radical (unpaired) electrons. The van der Waals surface area contributed by atoms with E-state index in [1.807, 2.05) is 0 Å². The zero-order chi connectivity index (χ0) is 17.1. The fourth-order valence-corrected chi connectivity index (χ4v) is 4.04. The normalized spacial score (nSPS) is 26.9. The molecule has 0 aromatic carbocycles. The molecule has 25 heavy (non-hydrogen) atoms. The van der Waals surface area contributed by atoms with Gasteiger partial charge in [0.2, 0.25) is 5.91 Å². The number of carbonyl (C=O) groups is 1. The van der Waals surface area contributed by atoms with Gasteiger partial charge in [-0.15, -0.1) is 24.8 Å². The van der Waals surface area contributed by atoms with Crippen molar-refractivity contribution in [1.82, 2.24) is 10.2 Å². The minimum absolute atomic E-state index is 0. The van der Waals surface area contributed by atoms with Crippen molar-refractivity contribution in [2.24, 2.45) is 23.0 Å². The van der Waals surface area contributed by atoms with Crippen molar-refractivity contribution in [2.75, 3.05) is 39.4 Å². The molecule has 2 heterocycles. The first-order chi connectivity index (χ1) is 10.8. The molecule has 2 aliphatic rings. The number of ether oxygens (including phenoxy) is 1. The summed E-state index contributed by atoms with van der Waals surface area (Å²) in [5.41, 5.74) is 5.47. The summed E-state index contributed by atoms with van der Waals surface area (Å²) in [5.74, 6) is 1.55. The third-order valence-electron chi connectivity index (χ3n) is 5.73. The lowest BCUT2D eigenvalue weighted by Gasteiger charge is -2.45. The van der Waals surface area contributed by atoms with Gasteiger partial charge in [0.25, 0.3) is 0 Å². The predicted molar refractivity (Wildman–Crippen MR) is 108 cm³/mol. The van der Waals surface area contributed by atoms with Crippen molar-refractivity contribution in [2.45, 2.75) is 52.5 Å². The molecule has 7 heteroatoms. The quantitative estimate of drug-likeness (QED) is 0.747. The number of nitrogens with two attached hydrogens (primary N) is 1. The van der Waals surface area contributed by atoms with Crippen LogP contribution in [0.25, 0.3) is 0 Å². The molecule has 5 nitrogen and oxygen atoms in total. The van der Waals surface area contributed by atoms with Gasteiger partial charge in [-0.1, -0.05) is 13.8 Å². The molecule has 1 amide bonds. The number of carbonyl (C=O) groups excluding carboxylic acids is 1. The van der Waals surface area contributed by atoms with E-state index in [9.17, 15) is 4.79 Å². The lowest BCUT2D eigenvalue weighted by atomic mass is 9.79. The van der Waals surface area contributed by atoms with Crippen LogP contribution in [0.15, 0.2) is 0 Å². The van der Waals surface area contributed by atoms with Gasteiger partial charge in [-0.25, -0.2) is 0 Å². The van der Waals surface area contributed by atoms with Crippen molar-refractivity contribution in [1.29, 1.82) is 0 Å². The summed E-state index contributed by atoms with van der Waals surface area (Å²) < 4.78 is 5.40. The van der Waals surface area contributed by atoms with Crippen molar-refractivity contribution < 1.29 is 9.53 Å². The van der Waals surface area contributed by atoms with Gasteiger partial charge >= 0.3 is 0 Å². The second-order valence-electron chi connectivity index (χ2n) is 8.44. The zero-order valence-electron chi connectivity index (χ0n) is 16.2. The van der Waals surface area contributed by atoms with E-state index in [0.717, 1.165) is 37.8 Å². The number of rotatable bonds is 5. The summed E-state index contributed by atoms with van der Waals surface area (Å²) in [6, 6.07) is 0. The lowest BCUT2D eigenvalue weighted by molar-refractivity contribution is -0.136. The van der Waals surface area contributed by atoms with Crippen molar-refractivity contribution in [3.05, 3.63) is 0 Å². The Labute approximate surface area is 165 Å². The highest BCUT2D eigenvalue weighted by molar-refractivity contribution is 5.85. The monoisotopic (exact) mass is 397 g/mol. The van der Waals surface area contributed by atoms with E-state index >= 15 is 0 Å². The number of halogens is 2. The summed E-state index contributed by atoms with van der Waals surface area (Å²) in [4.78, 5) is 15.3. The highest BCUT2D eigenvalue weighted by Gasteiger charge is 2.40. The number of hydrogen-bond donors (Lipinski definition) is 2. The zero-order valence-corrected chi connectivity index (χ0v) is 17.8. The molecule has 0 bridgehead atoms. The fourth-order valence-electron chi connectivity index (χ4n) is 4.04. The molecule has 0 aliphatic carbocycles. The van der Waals surface area contributed by atoms with Crippen LogP contribution in [-0.4, -0.2) is 55.7 Å². The first-order valence-corrected chi connectivity index (χ1v) is 9.10. The Morgan fingerprint density at radius 3 is 2.20 bits per heavy atom. The molecule has 2 unspecified atom stereocenters. The summed E-state index contributed by atoms with van der Waals surface area (Å²) in [6.45, 7) is 13.7. The van der Waals surface area contributed by atoms with Crippen LogP contribution in [-0.2, 0) is 9.53 Å². The number of amides is 1. The van der Waals surface area contributed by atoms with Crippen LogP contribution < -0.4 is 11.1 Å². The van der Waals surface area contributed by atoms with Gasteiger partial charge in [0.05, 0.1) is 5.41 Å². The van der Waals surface area contributed by atoms with E-state index in [1.165, 1.54) is 6.42 Å². The van der Waals surface area contributed by atoms with Crippen molar-refractivity contribution >= 4 is 30.7 Å². The van der Waals surface area contributed by atoms with Crippen LogP contribution >= 0.6 is 24.8 Å². The number of nitrogens with one attached hydrogen (secondary N) is 1. The lowest BCUT2D eigenvalue weighted by Crippen LogP contribution is -2.58. The smallest absolute Gasteiger partial charge is 0.227 e. The predicted octanol–water partition coefficient (Wildman–Crippen LogP) is 2.46. The molecule has 2 fully saturated rings. The molecular weight excluding hydrogens is 361 g/mol. The second kappa shape index (κ2) is 10.3. The van der Waals surface area contributed by atoms with E-state index < -0.39 is 5.41 Å². The van der Waals surface area contributed by atoms with Crippen molar-refractivity contribution in [3.8, 4) is 0 Å². The largest absolute Gasteiger partial charge is 0.381 e. The third kappa shape index (κ3) is 6.24. The van der Waals surface area contributed by atoms with E-state index in [4.69, 9.17) is 10.5 Å². The molecule has 150 valence electrons. The first kappa shape index (κ1) is 24.9. The van der Waals surface area contributed by atoms with Crippen LogP contribution in [0.4, 0.5) is 0 Å². The molecular formula is C18H37Cl2N3O2. The van der Waals surface area contributed by atoms with Crippen LogP contribution in [0.3, 0.4) is 0 Å². The summed E-state index contributed by atoms with van der Waals surface area (Å²) in [7, 11) is 0. The van der Waals surface area contributed by atoms with Gasteiger partial charge < -0.3 is 15.8 Å². The summed E-state index contributed by atoms with van der Waals surface area (Å²) >= 11 is 0. The van der Waals surface area contributed by atoms with Crippen molar-refractivity contribution in [3.63, 3.8) is 0 Å². The van der Waals surface area contributed by atoms with Crippen LogP contribution in [0.2, 0.25) is 0 Å². The van der Waals surface area contributed by atoms with Crippen LogP contribution in [0, 0.1) is 17.3 Å². The van der Waals surface area contributed by atoms with Gasteiger partial charge in [-0.05, 0) is 44.9 Å². The highest BCUT2D eigenvalue weighted by Crippen LogP contribution is 2.30. The van der Waals surface area contributed by atoms with Crippen LogP contribution in [0.1, 0.15) is 47.0 Å². The Hall–Kier alpha value is -0.0700. The maximum Gasteiger partial charge on any atom is 0.227 e. The highest BCUT2D eigenvalue weighted by atomic mass is 35.5. The first-order valence-electron chi connectivity index (χ1n) is 9.10. The number of hydrogen-bond acceptors (Lipinski definition) is 4. The standard InChI is InChI=1S/C18H35N3O2.2ClH/c1-14-9-15(2)11-21(10-14)17(3,4)13-20-16(22)18(12-19)5-7-23-8-6-18;;/h14-15H,5-13,19H2,1-4H3,(H,20,22);2*1H. The number of likely N-dealkylation sites (tertiary alicyclic amines) is 1. The van der Waals surface area contributed by atoms with Gasteiger partial charge in [-0.2, -0.15) is 0 Å². The molecule has 0 spiro atoms. The molecule has 0 aromatic heterocycles. The number of piperidine rings is 1. The Kier molecular flexibility index (Phi) is 10.3. The summed E-state index contributed by atoms with van der Waals surface area (Å²) in [6.07, 6.45) is 2.76. The number of nitrogens with zero attached hydrogens (tertiary/aromatic N) is 1. The van der Waals surface area contributed by atoms with E-state index in [2.05, 4.69) is 37.9 Å². The molecule has 0 saturated carbocycles. The molecule has 2 atom stereocenters. The van der Waals surface area contributed by atoms with E-state index in [0.29, 0.717) is 26.3 Å². The topological polar surface area (TPSA) is 67.6 Å². The van der Waals surface area contributed by atoms with Gasteiger partial charge in [-0.3, -0.25) is 9.69 Å². The fraction of sp³-hybridized carbons (Fsp3) is 0.944. The van der Waals surface area contributed by atoms with Gasteiger partial charge in [0, 0.05) is 44.9 Å². The average Bonchev–Trinajstić information content (AvgIpc) is 2.52. The third-order valence-corrected chi connectivity index (χ3v) is 5.73. The maximum absolute atomic E-state index is 12.7. The molecule has 2 aliphatic heterocycles. The van der Waals surface area contributed by atoms with Crippen LogP contribution in [0.5, 0.6) is 0 Å².